The fourth-order valence-corrected chi connectivity index (χ4v) is 1.77. The molecular weight excluding hydrogens is 263 g/mol. The van der Waals surface area contributed by atoms with Crippen LogP contribution >= 0.6 is 0 Å². The van der Waals surface area contributed by atoms with Crippen LogP contribution in [0.25, 0.3) is 0 Å². The van der Waals surface area contributed by atoms with E-state index in [-0.39, 0.29) is 17.1 Å². The monoisotopic (exact) mass is 282 g/mol. The third kappa shape index (κ3) is 4.53. The Hall–Kier alpha value is -2.11. The van der Waals surface area contributed by atoms with Crippen molar-refractivity contribution in [3.63, 3.8) is 0 Å². The Bertz CT molecular complexity index is 524. The number of carbonyl (C=O) groups is 2. The van der Waals surface area contributed by atoms with Crippen LogP contribution in [-0.4, -0.2) is 35.6 Å². The first kappa shape index (κ1) is 15.9. The largest absolute Gasteiger partial charge is 0.478 e. The lowest BCUT2D eigenvalue weighted by Gasteiger charge is -2.26. The Morgan fingerprint density at radius 3 is 2.40 bits per heavy atom. The molecule has 2 N–H and O–H groups in total. The van der Waals surface area contributed by atoms with Crippen LogP contribution in [0.3, 0.4) is 0 Å². The van der Waals surface area contributed by atoms with Gasteiger partial charge in [-0.05, 0) is 23.6 Å². The third-order valence-corrected chi connectivity index (χ3v) is 2.51. The van der Waals surface area contributed by atoms with Gasteiger partial charge in [-0.3, -0.25) is 0 Å². The van der Waals surface area contributed by atoms with Gasteiger partial charge in [-0.15, -0.1) is 0 Å². The number of nitrogens with zero attached hydrogens (tertiary/aromatic N) is 1. The van der Waals surface area contributed by atoms with E-state index in [1.165, 1.54) is 11.0 Å². The molecule has 1 rings (SSSR count). The summed E-state index contributed by atoms with van der Waals surface area (Å²) < 4.78 is 13.5. The van der Waals surface area contributed by atoms with E-state index >= 15 is 0 Å². The number of carboxylic acids is 1. The maximum absolute atomic E-state index is 13.5. The van der Waals surface area contributed by atoms with Gasteiger partial charge in [-0.2, -0.15) is 0 Å². The van der Waals surface area contributed by atoms with E-state index in [0.29, 0.717) is 6.54 Å². The highest BCUT2D eigenvalue weighted by Gasteiger charge is 2.18. The summed E-state index contributed by atoms with van der Waals surface area (Å²) >= 11 is 0. The van der Waals surface area contributed by atoms with Crippen molar-refractivity contribution in [3.05, 3.63) is 29.6 Å². The van der Waals surface area contributed by atoms with Crippen molar-refractivity contribution in [1.29, 1.82) is 0 Å². The molecule has 20 heavy (non-hydrogen) atoms. The Balaban J connectivity index is 2.76. The molecule has 0 saturated heterocycles. The van der Waals surface area contributed by atoms with Gasteiger partial charge in [0.1, 0.15) is 5.82 Å². The number of amides is 2. The van der Waals surface area contributed by atoms with Crippen LogP contribution in [0.5, 0.6) is 0 Å². The first-order valence-electron chi connectivity index (χ1n) is 6.15. The van der Waals surface area contributed by atoms with Crippen molar-refractivity contribution in [2.45, 2.75) is 20.8 Å². The summed E-state index contributed by atoms with van der Waals surface area (Å²) in [5.41, 5.74) is -0.255. The lowest BCUT2D eigenvalue weighted by molar-refractivity contribution is 0.0692. The number of anilines is 1. The van der Waals surface area contributed by atoms with Crippen molar-refractivity contribution in [2.75, 3.05) is 18.9 Å². The quantitative estimate of drug-likeness (QED) is 0.895. The van der Waals surface area contributed by atoms with Gasteiger partial charge in [-0.25, -0.2) is 14.0 Å². The van der Waals surface area contributed by atoms with Crippen molar-refractivity contribution >= 4 is 17.7 Å². The van der Waals surface area contributed by atoms with Crippen LogP contribution < -0.4 is 5.32 Å². The topological polar surface area (TPSA) is 69.6 Å². The Labute approximate surface area is 117 Å². The maximum Gasteiger partial charge on any atom is 0.338 e. The Kier molecular flexibility index (Phi) is 4.70. The highest BCUT2D eigenvalue weighted by molar-refractivity contribution is 5.91. The van der Waals surface area contributed by atoms with Gasteiger partial charge in [0.15, 0.2) is 0 Å². The zero-order valence-electron chi connectivity index (χ0n) is 12.0. The number of nitrogens with one attached hydrogen (secondary N) is 1. The molecule has 0 aliphatic carbocycles. The molecule has 0 heterocycles. The molecule has 0 aromatic heterocycles. The molecule has 0 unspecified atom stereocenters. The molecule has 1 aromatic carbocycles. The number of urea groups is 1. The van der Waals surface area contributed by atoms with E-state index in [0.717, 1.165) is 12.1 Å². The maximum atomic E-state index is 13.5. The molecular formula is C14H19FN2O3. The highest BCUT2D eigenvalue weighted by atomic mass is 19.1. The highest BCUT2D eigenvalue weighted by Crippen LogP contribution is 2.17. The van der Waals surface area contributed by atoms with Crippen LogP contribution in [0.1, 0.15) is 31.1 Å². The van der Waals surface area contributed by atoms with Crippen LogP contribution in [0.2, 0.25) is 0 Å². The molecule has 110 valence electrons. The smallest absolute Gasteiger partial charge is 0.338 e. The van der Waals surface area contributed by atoms with E-state index in [4.69, 9.17) is 5.11 Å². The first-order chi connectivity index (χ1) is 9.10. The number of carboxylic acid groups (broad SMARTS) is 1. The van der Waals surface area contributed by atoms with Crippen molar-refractivity contribution in [3.8, 4) is 0 Å². The third-order valence-electron chi connectivity index (χ3n) is 2.51. The molecule has 0 saturated carbocycles. The zero-order chi connectivity index (χ0) is 15.5. The van der Waals surface area contributed by atoms with Gasteiger partial charge in [0.25, 0.3) is 0 Å². The lowest BCUT2D eigenvalue weighted by atomic mass is 9.96. The van der Waals surface area contributed by atoms with E-state index in [1.807, 2.05) is 20.8 Å². The minimum atomic E-state index is -1.34. The second-order valence-corrected chi connectivity index (χ2v) is 5.85. The Morgan fingerprint density at radius 1 is 1.35 bits per heavy atom. The molecule has 5 nitrogen and oxygen atoms in total. The second-order valence-electron chi connectivity index (χ2n) is 5.85. The van der Waals surface area contributed by atoms with Gasteiger partial charge >= 0.3 is 12.0 Å². The van der Waals surface area contributed by atoms with Crippen LogP contribution in [-0.2, 0) is 0 Å². The average molecular weight is 282 g/mol. The van der Waals surface area contributed by atoms with E-state index in [9.17, 15) is 14.0 Å². The predicted octanol–water partition coefficient (Wildman–Crippen LogP) is 3.03. The molecule has 0 spiro atoms. The number of hydrogen-bond donors (Lipinski definition) is 2. The van der Waals surface area contributed by atoms with Crippen molar-refractivity contribution < 1.29 is 19.1 Å². The molecule has 0 radical (unpaired) electrons. The summed E-state index contributed by atoms with van der Waals surface area (Å²) in [5.74, 6) is -2.22. The molecule has 1 aromatic rings. The summed E-state index contributed by atoms with van der Waals surface area (Å²) in [6.45, 7) is 6.53. The van der Waals surface area contributed by atoms with Crippen molar-refractivity contribution in [2.24, 2.45) is 5.41 Å². The lowest BCUT2D eigenvalue weighted by Crippen LogP contribution is -2.37. The number of rotatable bonds is 3. The molecule has 2 amide bonds. The average Bonchev–Trinajstić information content (AvgIpc) is 2.26. The number of aromatic carboxylic acids is 1. The molecule has 0 aliphatic rings. The summed E-state index contributed by atoms with van der Waals surface area (Å²) in [6.07, 6.45) is 0. The van der Waals surface area contributed by atoms with E-state index < -0.39 is 17.3 Å². The van der Waals surface area contributed by atoms with Crippen molar-refractivity contribution in [1.82, 2.24) is 4.90 Å². The van der Waals surface area contributed by atoms with Gasteiger partial charge in [0.2, 0.25) is 0 Å². The number of halogens is 1. The van der Waals surface area contributed by atoms with Gasteiger partial charge < -0.3 is 15.3 Å². The summed E-state index contributed by atoms with van der Waals surface area (Å²) in [7, 11) is 1.64. The fourth-order valence-electron chi connectivity index (χ4n) is 1.77. The summed E-state index contributed by atoms with van der Waals surface area (Å²) in [6, 6.07) is 3.10. The zero-order valence-corrected chi connectivity index (χ0v) is 12.0. The number of carbonyl (C=O) groups excluding carboxylic acids is 1. The number of benzene rings is 1. The van der Waals surface area contributed by atoms with Gasteiger partial charge in [0, 0.05) is 19.3 Å². The van der Waals surface area contributed by atoms with Gasteiger partial charge in [0.05, 0.1) is 5.56 Å². The predicted molar refractivity (Wildman–Crippen MR) is 74.5 cm³/mol. The molecule has 0 atom stereocenters. The van der Waals surface area contributed by atoms with Gasteiger partial charge in [-0.1, -0.05) is 20.8 Å². The van der Waals surface area contributed by atoms with Crippen LogP contribution in [0.15, 0.2) is 18.2 Å². The minimum Gasteiger partial charge on any atom is -0.478 e. The molecule has 0 bridgehead atoms. The molecule has 0 aliphatic heterocycles. The Morgan fingerprint density at radius 2 is 1.95 bits per heavy atom. The first-order valence-corrected chi connectivity index (χ1v) is 6.15. The normalized spacial score (nSPS) is 11.1. The number of hydrogen-bond acceptors (Lipinski definition) is 2. The standard InChI is InChI=1S/C14H19FN2O3/c1-14(2,3)8-17(4)13(20)16-9-5-6-10(12(18)19)11(15)7-9/h5-7H,8H2,1-4H3,(H,16,20)(H,18,19). The fraction of sp³-hybridized carbons (Fsp3) is 0.429. The van der Waals surface area contributed by atoms with E-state index in [2.05, 4.69) is 5.32 Å². The van der Waals surface area contributed by atoms with Crippen LogP contribution in [0.4, 0.5) is 14.9 Å². The SMILES string of the molecule is CN(CC(C)(C)C)C(=O)Nc1ccc(C(=O)O)c(F)c1. The minimum absolute atomic E-state index is 0.0511. The summed E-state index contributed by atoms with van der Waals surface area (Å²) in [5, 5.41) is 11.2. The molecule has 0 fully saturated rings. The van der Waals surface area contributed by atoms with Crippen LogP contribution in [0, 0.1) is 11.2 Å². The second kappa shape index (κ2) is 5.90. The molecule has 6 heteroatoms. The van der Waals surface area contributed by atoms with E-state index in [1.54, 1.807) is 7.05 Å². The summed E-state index contributed by atoms with van der Waals surface area (Å²) in [4.78, 5) is 24.1.